The second-order valence-electron chi connectivity index (χ2n) is 5.99. The predicted octanol–water partition coefficient (Wildman–Crippen LogP) is 1.96. The smallest absolute Gasteiger partial charge is 0.329 e. The Morgan fingerprint density at radius 2 is 0.893 bits per heavy atom. The zero-order valence-corrected chi connectivity index (χ0v) is 19.7. The second-order valence-corrected chi connectivity index (χ2v) is 10.0. The van der Waals surface area contributed by atoms with Crippen LogP contribution < -0.4 is 11.5 Å². The molecule has 4 N–H and O–H groups in total. The molecule has 12 heteroatoms. The van der Waals surface area contributed by atoms with E-state index in [0.717, 1.165) is 0 Å². The number of nitrogens with zero attached hydrogens (tertiary/aromatic N) is 2. The molecule has 28 heavy (non-hydrogen) atoms. The lowest BCUT2D eigenvalue weighted by atomic mass is 10.4. The monoisotopic (exact) mass is 446 g/mol. The summed E-state index contributed by atoms with van der Waals surface area (Å²) in [5.41, 5.74) is 11.4. The van der Waals surface area contributed by atoms with Gasteiger partial charge in [0.25, 0.3) is 0 Å². The first-order valence-electron chi connectivity index (χ1n) is 9.92. The Balaban J connectivity index is 5.05. The fraction of sp³-hybridized carbons (Fsp3) is 1.00. The summed E-state index contributed by atoms with van der Waals surface area (Å²) in [5.74, 6) is 0. The molecule has 0 bridgehead atoms. The average molecular weight is 446 g/mol. The number of rotatable bonds is 19. The highest BCUT2D eigenvalue weighted by molar-refractivity contribution is 7.54. The molecular formula is C16H40N4O6P2. The molecule has 0 atom stereocenters. The summed E-state index contributed by atoms with van der Waals surface area (Å²) in [5, 5.41) is 0. The van der Waals surface area contributed by atoms with Gasteiger partial charge in [-0.05, 0) is 27.7 Å². The highest BCUT2D eigenvalue weighted by Gasteiger charge is 2.29. The van der Waals surface area contributed by atoms with E-state index in [-0.39, 0.29) is 12.6 Å². The summed E-state index contributed by atoms with van der Waals surface area (Å²) in [7, 11) is -6.44. The van der Waals surface area contributed by atoms with Crippen molar-refractivity contribution in [1.29, 1.82) is 0 Å². The minimum absolute atomic E-state index is 0.150. The number of nitrogens with two attached hydrogens (primary N) is 2. The standard InChI is InChI=1S/C16H40N4O6P2/c1-5-23-27(21,24-6-2)15-19(11-9-17)13-14-20(12-10-18)16-28(22,25-7-3)26-8-4/h5-18H2,1-4H3. The first kappa shape index (κ1) is 28.1. The van der Waals surface area contributed by atoms with E-state index in [1.54, 1.807) is 27.7 Å². The molecule has 0 fully saturated rings. The molecule has 0 rings (SSSR count). The van der Waals surface area contributed by atoms with Crippen LogP contribution in [0.15, 0.2) is 0 Å². The first-order valence-corrected chi connectivity index (χ1v) is 13.4. The van der Waals surface area contributed by atoms with Crippen LogP contribution in [-0.2, 0) is 27.2 Å². The fourth-order valence-electron chi connectivity index (χ4n) is 2.67. The van der Waals surface area contributed by atoms with Gasteiger partial charge < -0.3 is 29.6 Å². The topological polar surface area (TPSA) is 130 Å². The summed E-state index contributed by atoms with van der Waals surface area (Å²) >= 11 is 0. The summed E-state index contributed by atoms with van der Waals surface area (Å²) in [4.78, 5) is 3.86. The van der Waals surface area contributed by atoms with Gasteiger partial charge in [-0.15, -0.1) is 0 Å². The highest BCUT2D eigenvalue weighted by Crippen LogP contribution is 2.49. The SMILES string of the molecule is CCOP(=O)(CN(CCN)CCN(CCN)CP(=O)(OCC)OCC)OCC. The zero-order chi connectivity index (χ0) is 21.5. The Bertz CT molecular complexity index is 424. The van der Waals surface area contributed by atoms with Gasteiger partial charge in [0.1, 0.15) is 12.6 Å². The second kappa shape index (κ2) is 15.9. The van der Waals surface area contributed by atoms with Crippen molar-refractivity contribution in [3.05, 3.63) is 0 Å². The van der Waals surface area contributed by atoms with Crippen molar-refractivity contribution in [3.8, 4) is 0 Å². The lowest BCUT2D eigenvalue weighted by Crippen LogP contribution is -2.40. The van der Waals surface area contributed by atoms with E-state index in [1.165, 1.54) is 0 Å². The summed E-state index contributed by atoms with van der Waals surface area (Å²) in [6.07, 6.45) is 0.299. The van der Waals surface area contributed by atoms with Crippen molar-refractivity contribution in [2.24, 2.45) is 11.5 Å². The maximum Gasteiger partial charge on any atom is 0.344 e. The van der Waals surface area contributed by atoms with Crippen molar-refractivity contribution in [3.63, 3.8) is 0 Å². The van der Waals surface area contributed by atoms with Gasteiger partial charge in [0, 0.05) is 39.3 Å². The molecule has 0 aliphatic carbocycles. The van der Waals surface area contributed by atoms with Gasteiger partial charge in [0.05, 0.1) is 26.4 Å². The van der Waals surface area contributed by atoms with E-state index >= 15 is 0 Å². The Kier molecular flexibility index (Phi) is 16.0. The molecule has 0 unspecified atom stereocenters. The molecular weight excluding hydrogens is 406 g/mol. The van der Waals surface area contributed by atoms with Crippen LogP contribution >= 0.6 is 15.2 Å². The molecule has 170 valence electrons. The Hall–Kier alpha value is 0.140. The molecule has 0 aromatic heterocycles. The Morgan fingerprint density at radius 3 is 1.11 bits per heavy atom. The highest BCUT2D eigenvalue weighted by atomic mass is 31.2. The summed E-state index contributed by atoms with van der Waals surface area (Å²) < 4.78 is 47.2. The average Bonchev–Trinajstić information content (AvgIpc) is 2.60. The normalized spacial score (nSPS) is 13.0. The Morgan fingerprint density at radius 1 is 0.607 bits per heavy atom. The van der Waals surface area contributed by atoms with E-state index in [1.807, 2.05) is 9.80 Å². The van der Waals surface area contributed by atoms with Crippen LogP contribution in [0.2, 0.25) is 0 Å². The number of hydrogen-bond acceptors (Lipinski definition) is 10. The molecule has 10 nitrogen and oxygen atoms in total. The lowest BCUT2D eigenvalue weighted by molar-refractivity contribution is 0.175. The minimum Gasteiger partial charge on any atom is -0.329 e. The number of hydrogen-bond donors (Lipinski definition) is 2. The van der Waals surface area contributed by atoms with Gasteiger partial charge in [-0.25, -0.2) is 0 Å². The molecule has 0 aliphatic heterocycles. The molecule has 0 radical (unpaired) electrons. The van der Waals surface area contributed by atoms with Gasteiger partial charge >= 0.3 is 15.2 Å². The van der Waals surface area contributed by atoms with Crippen LogP contribution in [0, 0.1) is 0 Å². The van der Waals surface area contributed by atoms with Gasteiger partial charge in [-0.3, -0.25) is 18.9 Å². The van der Waals surface area contributed by atoms with Crippen LogP contribution in [-0.4, -0.2) is 88.1 Å². The van der Waals surface area contributed by atoms with Crippen molar-refractivity contribution < 1.29 is 27.2 Å². The van der Waals surface area contributed by atoms with Crippen LogP contribution in [0.1, 0.15) is 27.7 Å². The van der Waals surface area contributed by atoms with Crippen molar-refractivity contribution in [2.45, 2.75) is 27.7 Å². The van der Waals surface area contributed by atoms with Crippen LogP contribution in [0.5, 0.6) is 0 Å². The first-order chi connectivity index (χ1) is 13.3. The van der Waals surface area contributed by atoms with Crippen molar-refractivity contribution in [2.75, 3.05) is 78.3 Å². The third kappa shape index (κ3) is 12.0. The maximum absolute atomic E-state index is 12.8. The van der Waals surface area contributed by atoms with E-state index in [9.17, 15) is 9.13 Å². The van der Waals surface area contributed by atoms with E-state index in [2.05, 4.69) is 0 Å². The van der Waals surface area contributed by atoms with Crippen LogP contribution in [0.4, 0.5) is 0 Å². The summed E-state index contributed by atoms with van der Waals surface area (Å²) in [6, 6.07) is 0. The minimum atomic E-state index is -3.22. The van der Waals surface area contributed by atoms with Gasteiger partial charge in [0.2, 0.25) is 0 Å². The van der Waals surface area contributed by atoms with Gasteiger partial charge in [-0.1, -0.05) is 0 Å². The van der Waals surface area contributed by atoms with Crippen molar-refractivity contribution in [1.82, 2.24) is 9.80 Å². The van der Waals surface area contributed by atoms with Gasteiger partial charge in [0.15, 0.2) is 0 Å². The van der Waals surface area contributed by atoms with E-state index in [4.69, 9.17) is 29.6 Å². The Labute approximate surface area is 170 Å². The van der Waals surface area contributed by atoms with Gasteiger partial charge in [-0.2, -0.15) is 0 Å². The predicted molar refractivity (Wildman–Crippen MR) is 113 cm³/mol. The van der Waals surface area contributed by atoms with E-state index in [0.29, 0.717) is 65.7 Å². The quantitative estimate of drug-likeness (QED) is 0.284. The third-order valence-electron chi connectivity index (χ3n) is 3.67. The lowest BCUT2D eigenvalue weighted by Gasteiger charge is -2.30. The molecule has 0 spiro atoms. The fourth-order valence-corrected chi connectivity index (χ4v) is 6.26. The van der Waals surface area contributed by atoms with E-state index < -0.39 is 15.2 Å². The van der Waals surface area contributed by atoms with Crippen LogP contribution in [0.3, 0.4) is 0 Å². The molecule has 0 saturated carbocycles. The molecule has 0 amide bonds. The molecule has 0 aromatic rings. The van der Waals surface area contributed by atoms with Crippen molar-refractivity contribution >= 4 is 15.2 Å². The molecule has 0 saturated heterocycles. The summed E-state index contributed by atoms with van der Waals surface area (Å²) in [6.45, 7) is 11.3. The molecule has 0 aromatic carbocycles. The zero-order valence-electron chi connectivity index (χ0n) is 17.9. The maximum atomic E-state index is 12.8. The third-order valence-corrected chi connectivity index (χ3v) is 7.77. The molecule has 0 heterocycles. The van der Waals surface area contributed by atoms with Crippen LogP contribution in [0.25, 0.3) is 0 Å². The molecule has 0 aliphatic rings. The largest absolute Gasteiger partial charge is 0.344 e.